The number of alkyl halides is 3. The molecule has 0 spiro atoms. The van der Waals surface area contributed by atoms with Gasteiger partial charge >= 0.3 is 5.51 Å². The highest BCUT2D eigenvalue weighted by Crippen LogP contribution is 2.37. The van der Waals surface area contributed by atoms with Crippen molar-refractivity contribution in [2.75, 3.05) is 5.32 Å². The van der Waals surface area contributed by atoms with Crippen molar-refractivity contribution in [3.05, 3.63) is 41.2 Å². The maximum absolute atomic E-state index is 12.2. The molecule has 1 aromatic heterocycles. The summed E-state index contributed by atoms with van der Waals surface area (Å²) in [5, 5.41) is 9.24. The molecule has 0 bridgehead atoms. The quantitative estimate of drug-likeness (QED) is 0.845. The molecular formula is C13H12F3N3OS. The molecule has 0 atom stereocenters. The summed E-state index contributed by atoms with van der Waals surface area (Å²) in [6, 6.07) is 5.47. The second kappa shape index (κ2) is 5.80. The van der Waals surface area contributed by atoms with E-state index in [0.717, 1.165) is 0 Å². The number of carbonyl (C=O) groups is 1. The van der Waals surface area contributed by atoms with E-state index in [1.54, 1.807) is 13.8 Å². The monoisotopic (exact) mass is 315 g/mol. The molecule has 21 heavy (non-hydrogen) atoms. The van der Waals surface area contributed by atoms with Crippen LogP contribution in [0.3, 0.4) is 0 Å². The molecule has 4 nitrogen and oxygen atoms in total. The van der Waals surface area contributed by atoms with E-state index in [4.69, 9.17) is 0 Å². The summed E-state index contributed by atoms with van der Waals surface area (Å²) >= 11 is -0.197. The van der Waals surface area contributed by atoms with Crippen molar-refractivity contribution in [2.45, 2.75) is 24.3 Å². The molecule has 0 unspecified atom stereocenters. The van der Waals surface area contributed by atoms with Gasteiger partial charge in [-0.15, -0.1) is 0 Å². The number of anilines is 1. The van der Waals surface area contributed by atoms with E-state index in [1.807, 2.05) is 0 Å². The molecule has 2 aromatic rings. The standard InChI is InChI=1S/C13H12F3N3OS/c1-7-11(8(2)19-18-7)12(20)17-9-3-5-10(6-4-9)21-13(14,15)16/h3-6H,1-2H3,(H,17,20)(H,18,19). The van der Waals surface area contributed by atoms with Gasteiger partial charge < -0.3 is 5.32 Å². The first-order valence-electron chi connectivity index (χ1n) is 5.95. The SMILES string of the molecule is Cc1n[nH]c(C)c1C(=O)Nc1ccc(SC(F)(F)F)cc1. The van der Waals surface area contributed by atoms with Crippen molar-refractivity contribution in [2.24, 2.45) is 0 Å². The number of amides is 1. The van der Waals surface area contributed by atoms with Gasteiger partial charge in [0, 0.05) is 16.3 Å². The first-order valence-corrected chi connectivity index (χ1v) is 6.76. The highest BCUT2D eigenvalue weighted by atomic mass is 32.2. The van der Waals surface area contributed by atoms with Crippen molar-refractivity contribution in [1.82, 2.24) is 10.2 Å². The number of nitrogens with zero attached hydrogens (tertiary/aromatic N) is 1. The first-order chi connectivity index (χ1) is 9.76. The lowest BCUT2D eigenvalue weighted by Crippen LogP contribution is -2.13. The minimum Gasteiger partial charge on any atom is -0.322 e. The Kier molecular flexibility index (Phi) is 4.26. The minimum atomic E-state index is -4.32. The Morgan fingerprint density at radius 1 is 1.24 bits per heavy atom. The molecule has 8 heteroatoms. The maximum Gasteiger partial charge on any atom is 0.446 e. The van der Waals surface area contributed by atoms with Gasteiger partial charge in [0.25, 0.3) is 5.91 Å². The van der Waals surface area contributed by atoms with Gasteiger partial charge in [-0.2, -0.15) is 18.3 Å². The number of hydrogen-bond donors (Lipinski definition) is 2. The van der Waals surface area contributed by atoms with Crippen molar-refractivity contribution in [3.8, 4) is 0 Å². The summed E-state index contributed by atoms with van der Waals surface area (Å²) < 4.78 is 36.6. The normalized spacial score (nSPS) is 11.5. The van der Waals surface area contributed by atoms with E-state index in [1.165, 1.54) is 24.3 Å². The minimum absolute atomic E-state index is 0.0659. The number of hydrogen-bond acceptors (Lipinski definition) is 3. The molecule has 0 saturated heterocycles. The summed E-state index contributed by atoms with van der Waals surface area (Å²) in [5.74, 6) is -0.352. The fourth-order valence-electron chi connectivity index (χ4n) is 1.82. The first kappa shape index (κ1) is 15.4. The maximum atomic E-state index is 12.2. The van der Waals surface area contributed by atoms with Crippen LogP contribution in [-0.4, -0.2) is 21.6 Å². The van der Waals surface area contributed by atoms with Gasteiger partial charge in [0.1, 0.15) is 0 Å². The van der Waals surface area contributed by atoms with E-state index in [0.29, 0.717) is 22.6 Å². The molecule has 0 saturated carbocycles. The van der Waals surface area contributed by atoms with Crippen LogP contribution in [0, 0.1) is 13.8 Å². The molecule has 1 aromatic carbocycles. The third-order valence-electron chi connectivity index (χ3n) is 2.70. The Morgan fingerprint density at radius 2 is 1.86 bits per heavy atom. The van der Waals surface area contributed by atoms with Gasteiger partial charge in [0.2, 0.25) is 0 Å². The third kappa shape index (κ3) is 4.01. The number of carbonyl (C=O) groups excluding carboxylic acids is 1. The van der Waals surface area contributed by atoms with Crippen molar-refractivity contribution < 1.29 is 18.0 Å². The lowest BCUT2D eigenvalue weighted by atomic mass is 10.2. The zero-order valence-corrected chi connectivity index (χ0v) is 12.0. The fourth-order valence-corrected chi connectivity index (χ4v) is 2.36. The fraction of sp³-hybridized carbons (Fsp3) is 0.231. The van der Waals surface area contributed by atoms with Crippen LogP contribution in [0.25, 0.3) is 0 Å². The van der Waals surface area contributed by atoms with Gasteiger partial charge in [-0.25, -0.2) is 0 Å². The summed E-state index contributed by atoms with van der Waals surface area (Å²) in [7, 11) is 0. The topological polar surface area (TPSA) is 57.8 Å². The molecule has 1 amide bonds. The van der Waals surface area contributed by atoms with Crippen molar-refractivity contribution in [3.63, 3.8) is 0 Å². The molecule has 112 valence electrons. The van der Waals surface area contributed by atoms with Gasteiger partial charge in [0.15, 0.2) is 0 Å². The number of rotatable bonds is 3. The van der Waals surface area contributed by atoms with Gasteiger partial charge in [-0.05, 0) is 49.9 Å². The average Bonchev–Trinajstić information content (AvgIpc) is 2.70. The number of thioether (sulfide) groups is 1. The molecule has 0 radical (unpaired) electrons. The Balaban J connectivity index is 2.09. The van der Waals surface area contributed by atoms with Crippen LogP contribution in [0.1, 0.15) is 21.7 Å². The molecule has 0 aliphatic rings. The van der Waals surface area contributed by atoms with Crippen molar-refractivity contribution >= 4 is 23.4 Å². The second-order valence-electron chi connectivity index (χ2n) is 4.34. The number of H-pyrrole nitrogens is 1. The highest BCUT2D eigenvalue weighted by Gasteiger charge is 2.29. The molecule has 0 aliphatic heterocycles. The van der Waals surface area contributed by atoms with Crippen LogP contribution in [-0.2, 0) is 0 Å². The van der Waals surface area contributed by atoms with E-state index >= 15 is 0 Å². The smallest absolute Gasteiger partial charge is 0.322 e. The number of nitrogens with one attached hydrogen (secondary N) is 2. The lowest BCUT2D eigenvalue weighted by molar-refractivity contribution is -0.0328. The van der Waals surface area contributed by atoms with Crippen molar-refractivity contribution in [1.29, 1.82) is 0 Å². The van der Waals surface area contributed by atoms with Gasteiger partial charge in [-0.3, -0.25) is 9.89 Å². The Bertz CT molecular complexity index is 630. The van der Waals surface area contributed by atoms with E-state index in [9.17, 15) is 18.0 Å². The summed E-state index contributed by atoms with van der Waals surface area (Å²) in [5.41, 5.74) is -2.27. The number of aromatic nitrogens is 2. The molecule has 2 rings (SSSR count). The Labute approximate surface area is 123 Å². The summed E-state index contributed by atoms with van der Waals surface area (Å²) in [6.45, 7) is 3.42. The third-order valence-corrected chi connectivity index (χ3v) is 3.44. The highest BCUT2D eigenvalue weighted by molar-refractivity contribution is 8.00. The van der Waals surface area contributed by atoms with Crippen LogP contribution >= 0.6 is 11.8 Å². The zero-order chi connectivity index (χ0) is 15.6. The number of halogens is 3. The van der Waals surface area contributed by atoms with Gasteiger partial charge in [-0.1, -0.05) is 0 Å². The molecular weight excluding hydrogens is 303 g/mol. The summed E-state index contributed by atoms with van der Waals surface area (Å²) in [4.78, 5) is 12.1. The number of benzene rings is 1. The zero-order valence-electron chi connectivity index (χ0n) is 11.2. The van der Waals surface area contributed by atoms with Crippen LogP contribution in [0.4, 0.5) is 18.9 Å². The lowest BCUT2D eigenvalue weighted by Gasteiger charge is -2.08. The number of aryl methyl sites for hydroxylation is 2. The molecule has 0 fully saturated rings. The molecule has 1 heterocycles. The van der Waals surface area contributed by atoms with Crippen LogP contribution < -0.4 is 5.32 Å². The average molecular weight is 315 g/mol. The predicted molar refractivity (Wildman–Crippen MR) is 74.4 cm³/mol. The number of aromatic amines is 1. The van der Waals surface area contributed by atoms with Gasteiger partial charge in [0.05, 0.1) is 11.3 Å². The van der Waals surface area contributed by atoms with Crippen LogP contribution in [0.15, 0.2) is 29.2 Å². The largest absolute Gasteiger partial charge is 0.446 e. The molecule has 0 aliphatic carbocycles. The summed E-state index contributed by atoms with van der Waals surface area (Å²) in [6.07, 6.45) is 0. The van der Waals surface area contributed by atoms with E-state index in [-0.39, 0.29) is 22.6 Å². The molecule has 2 N–H and O–H groups in total. The predicted octanol–water partition coefficient (Wildman–Crippen LogP) is 3.89. The van der Waals surface area contributed by atoms with Crippen LogP contribution in [0.2, 0.25) is 0 Å². The van der Waals surface area contributed by atoms with E-state index in [2.05, 4.69) is 15.5 Å². The van der Waals surface area contributed by atoms with E-state index < -0.39 is 5.51 Å². The Morgan fingerprint density at radius 3 is 2.33 bits per heavy atom. The Hall–Kier alpha value is -1.96. The second-order valence-corrected chi connectivity index (χ2v) is 5.47. The van der Waals surface area contributed by atoms with Crippen LogP contribution in [0.5, 0.6) is 0 Å².